The summed E-state index contributed by atoms with van der Waals surface area (Å²) in [6.07, 6.45) is 0. The largest absolute Gasteiger partial charge is 0.336 e. The Morgan fingerprint density at radius 3 is 2.62 bits per heavy atom. The van der Waals surface area contributed by atoms with Crippen LogP contribution in [-0.4, -0.2) is 5.37 Å². The van der Waals surface area contributed by atoms with Crippen LogP contribution in [0.15, 0.2) is 42.5 Å². The second kappa shape index (κ2) is 4.54. The molecule has 0 saturated heterocycles. The number of hydrogen-bond acceptors (Lipinski definition) is 1. The van der Waals surface area contributed by atoms with Crippen LogP contribution in [0.2, 0.25) is 0 Å². The lowest BCUT2D eigenvalue weighted by molar-refractivity contribution is 0.257. The number of nitrogens with one attached hydrogen (secondary N) is 1. The zero-order valence-corrected chi connectivity index (χ0v) is 9.66. The monoisotopic (exact) mass is 233 g/mol. The molecule has 3 heteroatoms. The van der Waals surface area contributed by atoms with E-state index in [4.69, 9.17) is 11.6 Å². The van der Waals surface area contributed by atoms with Gasteiger partial charge in [0.1, 0.15) is 0 Å². The highest BCUT2D eigenvalue weighted by Gasteiger charge is 2.10. The lowest BCUT2D eigenvalue weighted by atomic mass is 10.00. The Morgan fingerprint density at radius 2 is 1.88 bits per heavy atom. The minimum absolute atomic E-state index is 0.0869. The van der Waals surface area contributed by atoms with Crippen molar-refractivity contribution >= 4 is 27.7 Å². The predicted molar refractivity (Wildman–Crippen MR) is 66.7 cm³/mol. The molecule has 2 aromatic carbocycles. The van der Waals surface area contributed by atoms with E-state index in [1.165, 1.54) is 0 Å². The van der Waals surface area contributed by atoms with Gasteiger partial charge in [0.15, 0.2) is 0 Å². The molecular formula is C13H12ClNO. The smallest absolute Gasteiger partial charge is 0.314 e. The fraction of sp³-hybridized carbons (Fsp3) is 0.154. The fourth-order valence-corrected chi connectivity index (χ4v) is 2.04. The van der Waals surface area contributed by atoms with Gasteiger partial charge in [-0.3, -0.25) is 4.79 Å². The lowest BCUT2D eigenvalue weighted by Crippen LogP contribution is -2.20. The second-order valence-corrected chi connectivity index (χ2v) is 4.05. The van der Waals surface area contributed by atoms with E-state index in [2.05, 4.69) is 5.32 Å². The van der Waals surface area contributed by atoms with E-state index in [1.807, 2.05) is 49.4 Å². The van der Waals surface area contributed by atoms with Gasteiger partial charge in [-0.15, -0.1) is 0 Å². The van der Waals surface area contributed by atoms with Crippen LogP contribution in [-0.2, 0) is 0 Å². The number of fused-ring (bicyclic) bond motifs is 1. The normalized spacial score (nSPS) is 12.4. The van der Waals surface area contributed by atoms with Gasteiger partial charge in [-0.25, -0.2) is 0 Å². The number of carbonyl (C=O) groups excluding carboxylic acids is 1. The molecule has 2 rings (SSSR count). The molecule has 1 N–H and O–H groups in total. The molecule has 0 aliphatic rings. The molecule has 0 spiro atoms. The average molecular weight is 234 g/mol. The third-order valence-corrected chi connectivity index (χ3v) is 2.73. The van der Waals surface area contributed by atoms with E-state index in [1.54, 1.807) is 0 Å². The van der Waals surface area contributed by atoms with Gasteiger partial charge in [-0.2, -0.15) is 0 Å². The van der Waals surface area contributed by atoms with Crippen LogP contribution >= 0.6 is 11.6 Å². The summed E-state index contributed by atoms with van der Waals surface area (Å²) in [7, 11) is 0. The first-order valence-corrected chi connectivity index (χ1v) is 5.50. The van der Waals surface area contributed by atoms with Crippen molar-refractivity contribution in [2.75, 3.05) is 0 Å². The fourth-order valence-electron chi connectivity index (χ4n) is 1.88. The minimum Gasteiger partial charge on any atom is -0.336 e. The molecule has 0 aliphatic carbocycles. The third-order valence-electron chi connectivity index (χ3n) is 2.62. The molecule has 2 aromatic rings. The number of carbonyl (C=O) groups is 1. The van der Waals surface area contributed by atoms with Gasteiger partial charge in [-0.05, 0) is 34.9 Å². The molecule has 0 heterocycles. The summed E-state index contributed by atoms with van der Waals surface area (Å²) >= 11 is 5.32. The summed E-state index contributed by atoms with van der Waals surface area (Å²) in [5, 5.41) is 4.45. The van der Waals surface area contributed by atoms with Crippen molar-refractivity contribution < 1.29 is 4.79 Å². The summed E-state index contributed by atoms with van der Waals surface area (Å²) in [5.41, 5.74) is 1.08. The molecule has 82 valence electrons. The van der Waals surface area contributed by atoms with Crippen LogP contribution in [0.3, 0.4) is 0 Å². The maximum atomic E-state index is 10.8. The highest BCUT2D eigenvalue weighted by atomic mass is 35.5. The van der Waals surface area contributed by atoms with Crippen LogP contribution in [0.4, 0.5) is 4.79 Å². The van der Waals surface area contributed by atoms with Crippen LogP contribution in [0.1, 0.15) is 18.5 Å². The Bertz CT molecular complexity index is 519. The topological polar surface area (TPSA) is 29.1 Å². The van der Waals surface area contributed by atoms with E-state index in [-0.39, 0.29) is 6.04 Å². The molecule has 0 bridgehead atoms. The van der Waals surface area contributed by atoms with E-state index < -0.39 is 5.37 Å². The standard InChI is InChI=1S/C13H12ClNO/c1-9(15-13(14)16)11-8-4-6-10-5-2-3-7-12(10)11/h2-9H,1H3,(H,15,16). The molecule has 0 radical (unpaired) electrons. The molecule has 1 unspecified atom stereocenters. The zero-order chi connectivity index (χ0) is 11.5. The number of rotatable bonds is 2. The van der Waals surface area contributed by atoms with Crippen molar-refractivity contribution in [1.29, 1.82) is 0 Å². The van der Waals surface area contributed by atoms with Crippen LogP contribution in [0.25, 0.3) is 10.8 Å². The van der Waals surface area contributed by atoms with Gasteiger partial charge in [0, 0.05) is 0 Å². The number of halogens is 1. The Kier molecular flexibility index (Phi) is 3.11. The van der Waals surface area contributed by atoms with Crippen molar-refractivity contribution in [3.8, 4) is 0 Å². The van der Waals surface area contributed by atoms with Gasteiger partial charge >= 0.3 is 5.37 Å². The molecule has 2 nitrogen and oxygen atoms in total. The first-order valence-electron chi connectivity index (χ1n) is 5.12. The minimum atomic E-state index is -0.527. The summed E-state index contributed by atoms with van der Waals surface area (Å²) in [5.74, 6) is 0. The molecule has 16 heavy (non-hydrogen) atoms. The van der Waals surface area contributed by atoms with Gasteiger partial charge in [-0.1, -0.05) is 42.5 Å². The van der Waals surface area contributed by atoms with E-state index in [0.29, 0.717) is 0 Å². The quantitative estimate of drug-likeness (QED) is 0.620. The molecule has 0 aromatic heterocycles. The maximum absolute atomic E-state index is 10.8. The molecule has 0 saturated carbocycles. The van der Waals surface area contributed by atoms with Crippen molar-refractivity contribution in [3.05, 3.63) is 48.0 Å². The summed E-state index contributed by atoms with van der Waals surface area (Å²) in [6, 6.07) is 14.0. The van der Waals surface area contributed by atoms with E-state index in [0.717, 1.165) is 16.3 Å². The van der Waals surface area contributed by atoms with E-state index in [9.17, 15) is 4.79 Å². The Labute approximate surface area is 99.2 Å². The van der Waals surface area contributed by atoms with Crippen LogP contribution in [0, 0.1) is 0 Å². The first-order chi connectivity index (χ1) is 7.68. The third kappa shape index (κ3) is 2.17. The van der Waals surface area contributed by atoms with Gasteiger partial charge < -0.3 is 5.32 Å². The Balaban J connectivity index is 2.47. The summed E-state index contributed by atoms with van der Waals surface area (Å²) in [4.78, 5) is 10.8. The Hall–Kier alpha value is -1.54. The van der Waals surface area contributed by atoms with Gasteiger partial charge in [0.2, 0.25) is 0 Å². The molecule has 1 atom stereocenters. The van der Waals surface area contributed by atoms with Gasteiger partial charge in [0.05, 0.1) is 6.04 Å². The lowest BCUT2D eigenvalue weighted by Gasteiger charge is -2.14. The molecule has 0 aliphatic heterocycles. The summed E-state index contributed by atoms with van der Waals surface area (Å²) < 4.78 is 0. The van der Waals surface area contributed by atoms with E-state index >= 15 is 0 Å². The number of amides is 1. The average Bonchev–Trinajstić information content (AvgIpc) is 2.27. The van der Waals surface area contributed by atoms with Crippen LogP contribution < -0.4 is 5.32 Å². The first kappa shape index (κ1) is 11.0. The van der Waals surface area contributed by atoms with Crippen molar-refractivity contribution in [2.45, 2.75) is 13.0 Å². The highest BCUT2D eigenvalue weighted by molar-refractivity contribution is 6.62. The van der Waals surface area contributed by atoms with Crippen molar-refractivity contribution in [3.63, 3.8) is 0 Å². The molecular weight excluding hydrogens is 222 g/mol. The number of benzene rings is 2. The predicted octanol–water partition coefficient (Wildman–Crippen LogP) is 3.85. The zero-order valence-electron chi connectivity index (χ0n) is 8.91. The molecule has 0 fully saturated rings. The van der Waals surface area contributed by atoms with Gasteiger partial charge in [0.25, 0.3) is 0 Å². The maximum Gasteiger partial charge on any atom is 0.314 e. The molecule has 1 amide bonds. The van der Waals surface area contributed by atoms with Crippen LogP contribution in [0.5, 0.6) is 0 Å². The Morgan fingerprint density at radius 1 is 1.19 bits per heavy atom. The second-order valence-electron chi connectivity index (χ2n) is 3.71. The summed E-state index contributed by atoms with van der Waals surface area (Å²) in [6.45, 7) is 1.92. The van der Waals surface area contributed by atoms with Crippen molar-refractivity contribution in [2.24, 2.45) is 0 Å². The highest BCUT2D eigenvalue weighted by Crippen LogP contribution is 2.23. The van der Waals surface area contributed by atoms with Crippen molar-refractivity contribution in [1.82, 2.24) is 5.32 Å². The SMILES string of the molecule is CC(NC(=O)Cl)c1cccc2ccccc12. The number of hydrogen-bond donors (Lipinski definition) is 1.